The van der Waals surface area contributed by atoms with Crippen LogP contribution >= 0.6 is 11.6 Å². The van der Waals surface area contributed by atoms with Gasteiger partial charge in [0.25, 0.3) is 5.91 Å². The van der Waals surface area contributed by atoms with Crippen LogP contribution in [-0.4, -0.2) is 56.4 Å². The van der Waals surface area contributed by atoms with Crippen molar-refractivity contribution < 1.29 is 27.5 Å². The average molecular weight is 529 g/mol. The molecule has 0 saturated heterocycles. The summed E-state index contributed by atoms with van der Waals surface area (Å²) in [5.41, 5.74) is 2.16. The van der Waals surface area contributed by atoms with Crippen LogP contribution in [0.3, 0.4) is 0 Å². The van der Waals surface area contributed by atoms with Gasteiger partial charge in [0.05, 0.1) is 17.0 Å². The Hall–Kier alpha value is -2.70. The van der Waals surface area contributed by atoms with Crippen molar-refractivity contribution >= 4 is 29.0 Å². The second kappa shape index (κ2) is 8.70. The Morgan fingerprint density at radius 1 is 1.25 bits per heavy atom. The summed E-state index contributed by atoms with van der Waals surface area (Å²) in [6.07, 6.45) is -2.19. The molecule has 3 aliphatic rings. The smallest absolute Gasteiger partial charge is 0.386 e. The quantitative estimate of drug-likeness (QED) is 0.524. The molecule has 0 radical (unpaired) electrons. The molecular formula is C23H25ClF4N6O2. The van der Waals surface area contributed by atoms with Gasteiger partial charge in [0.1, 0.15) is 23.3 Å². The number of nitrogens with one attached hydrogen (secondary N) is 2. The van der Waals surface area contributed by atoms with E-state index in [9.17, 15) is 27.5 Å². The van der Waals surface area contributed by atoms with Gasteiger partial charge < -0.3 is 15.0 Å². The molecule has 2 saturated carbocycles. The van der Waals surface area contributed by atoms with Crippen LogP contribution in [0.1, 0.15) is 47.8 Å². The van der Waals surface area contributed by atoms with E-state index in [0.717, 1.165) is 0 Å². The molecule has 3 N–H and O–H groups in total. The third kappa shape index (κ3) is 4.35. The van der Waals surface area contributed by atoms with Gasteiger partial charge in [-0.25, -0.2) is 14.4 Å². The summed E-state index contributed by atoms with van der Waals surface area (Å²) in [6.45, 7) is 0. The number of hydrogen-bond donors (Lipinski definition) is 3. The minimum Gasteiger partial charge on any atom is -0.386 e. The van der Waals surface area contributed by atoms with Crippen molar-refractivity contribution in [3.05, 3.63) is 46.8 Å². The fraction of sp³-hybridized carbons (Fsp3) is 0.522. The zero-order chi connectivity index (χ0) is 26.0. The number of imidazole rings is 1. The van der Waals surface area contributed by atoms with Crippen LogP contribution in [0.2, 0.25) is 5.02 Å². The van der Waals surface area contributed by atoms with E-state index in [1.807, 2.05) is 0 Å². The summed E-state index contributed by atoms with van der Waals surface area (Å²) in [7, 11) is 3.14. The number of aliphatic imine (C=N–C) groups is 1. The molecule has 8 nitrogen and oxygen atoms in total. The number of anilines is 1. The SMILES string of the molecule is CN1NC(C(F)(F)F)=NC1C1(O)CC2CC(c3ncn(C)c3C(=O)Nc3ccc(F)c(Cl)c3)CC2C1. The minimum absolute atomic E-state index is 0.0445. The van der Waals surface area contributed by atoms with Gasteiger partial charge >= 0.3 is 6.18 Å². The zero-order valence-corrected chi connectivity index (χ0v) is 20.2. The predicted molar refractivity (Wildman–Crippen MR) is 124 cm³/mol. The van der Waals surface area contributed by atoms with E-state index in [0.29, 0.717) is 42.8 Å². The van der Waals surface area contributed by atoms with Crippen LogP contribution in [0, 0.1) is 17.7 Å². The molecule has 2 heterocycles. The number of aryl methyl sites for hydroxylation is 1. The Morgan fingerprint density at radius 3 is 2.50 bits per heavy atom. The number of hydrogen-bond acceptors (Lipinski definition) is 6. The first-order chi connectivity index (χ1) is 16.9. The van der Waals surface area contributed by atoms with Gasteiger partial charge in [-0.1, -0.05) is 11.6 Å². The lowest BCUT2D eigenvalue weighted by Gasteiger charge is -2.33. The number of amides is 1. The number of aliphatic hydroxyl groups is 1. The number of nitrogens with zero attached hydrogens (tertiary/aromatic N) is 4. The van der Waals surface area contributed by atoms with Crippen LogP contribution in [0.4, 0.5) is 23.2 Å². The van der Waals surface area contributed by atoms with Gasteiger partial charge in [-0.2, -0.15) is 18.2 Å². The second-order valence-corrected chi connectivity index (χ2v) is 10.4. The number of alkyl halides is 3. The van der Waals surface area contributed by atoms with Gasteiger partial charge in [0, 0.05) is 25.7 Å². The number of aromatic nitrogens is 2. The molecule has 194 valence electrons. The lowest BCUT2D eigenvalue weighted by Crippen LogP contribution is -2.51. The molecule has 1 aromatic carbocycles. The summed E-state index contributed by atoms with van der Waals surface area (Å²) < 4.78 is 54.4. The van der Waals surface area contributed by atoms with Gasteiger partial charge in [-0.3, -0.25) is 10.2 Å². The first-order valence-corrected chi connectivity index (χ1v) is 11.9. The van der Waals surface area contributed by atoms with E-state index in [-0.39, 0.29) is 22.8 Å². The summed E-state index contributed by atoms with van der Waals surface area (Å²) in [6, 6.07) is 3.91. The summed E-state index contributed by atoms with van der Waals surface area (Å²) >= 11 is 5.82. The lowest BCUT2D eigenvalue weighted by molar-refractivity contribution is -0.0641. The van der Waals surface area contributed by atoms with Crippen molar-refractivity contribution in [2.45, 2.75) is 49.5 Å². The standard InChI is InChI=1S/C23H25ClF4N6O2/c1-33-10-29-17(18(33)19(35)30-14-3-4-16(25)15(24)7-14)11-5-12-8-22(36,9-13(12)6-11)21-31-20(23(26,27)28)32-34(21)2/h3-4,7,10-13,21,36H,5-6,8-9H2,1-2H3,(H,30,35)(H,31,32). The van der Waals surface area contributed by atoms with Crippen LogP contribution in [0.5, 0.6) is 0 Å². The molecule has 13 heteroatoms. The Bertz CT molecular complexity index is 1220. The highest BCUT2D eigenvalue weighted by Gasteiger charge is 2.56. The van der Waals surface area contributed by atoms with Gasteiger partial charge in [0.2, 0.25) is 5.84 Å². The normalized spacial score (nSPS) is 30.3. The van der Waals surface area contributed by atoms with Crippen molar-refractivity contribution in [2.24, 2.45) is 23.9 Å². The van der Waals surface area contributed by atoms with E-state index >= 15 is 0 Å². The van der Waals surface area contributed by atoms with Crippen LogP contribution < -0.4 is 10.7 Å². The molecule has 2 aromatic rings. The Kier molecular flexibility index (Phi) is 6.04. The molecule has 2 aliphatic carbocycles. The van der Waals surface area contributed by atoms with E-state index in [4.69, 9.17) is 11.6 Å². The number of benzene rings is 1. The highest BCUT2D eigenvalue weighted by Crippen LogP contribution is 2.55. The number of carbonyl (C=O) groups is 1. The first kappa shape index (κ1) is 25.0. The number of fused-ring (bicyclic) bond motifs is 1. The van der Waals surface area contributed by atoms with Crippen molar-refractivity contribution in [2.75, 3.05) is 12.4 Å². The van der Waals surface area contributed by atoms with Crippen molar-refractivity contribution in [3.8, 4) is 0 Å². The average Bonchev–Trinajstić information content (AvgIpc) is 3.52. The summed E-state index contributed by atoms with van der Waals surface area (Å²) in [4.78, 5) is 21.3. The summed E-state index contributed by atoms with van der Waals surface area (Å²) in [5, 5.41) is 15.1. The molecule has 2 fully saturated rings. The fourth-order valence-electron chi connectivity index (χ4n) is 6.01. The number of amidine groups is 1. The van der Waals surface area contributed by atoms with Gasteiger partial charge in [-0.05, 0) is 55.7 Å². The fourth-order valence-corrected chi connectivity index (χ4v) is 6.19. The highest BCUT2D eigenvalue weighted by atomic mass is 35.5. The number of rotatable bonds is 4. The Labute approximate surface area is 209 Å². The van der Waals surface area contributed by atoms with Crippen LogP contribution in [-0.2, 0) is 7.05 Å². The predicted octanol–water partition coefficient (Wildman–Crippen LogP) is 3.84. The molecule has 3 unspecified atom stereocenters. The Morgan fingerprint density at radius 2 is 1.92 bits per heavy atom. The second-order valence-electron chi connectivity index (χ2n) is 9.94. The third-order valence-corrected chi connectivity index (χ3v) is 7.76. The monoisotopic (exact) mass is 528 g/mol. The topological polar surface area (TPSA) is 94.8 Å². The molecule has 36 heavy (non-hydrogen) atoms. The minimum atomic E-state index is -4.62. The molecular weight excluding hydrogens is 504 g/mol. The number of hydrazine groups is 1. The van der Waals surface area contributed by atoms with Gasteiger partial charge in [0.15, 0.2) is 0 Å². The molecule has 1 aliphatic heterocycles. The first-order valence-electron chi connectivity index (χ1n) is 11.5. The molecule has 0 spiro atoms. The maximum absolute atomic E-state index is 13.5. The number of halogens is 5. The van der Waals surface area contributed by atoms with E-state index < -0.39 is 35.5 Å². The molecule has 1 aromatic heterocycles. The Balaban J connectivity index is 1.30. The van der Waals surface area contributed by atoms with Crippen molar-refractivity contribution in [1.29, 1.82) is 0 Å². The largest absolute Gasteiger partial charge is 0.450 e. The van der Waals surface area contributed by atoms with Crippen molar-refractivity contribution in [1.82, 2.24) is 20.0 Å². The lowest BCUT2D eigenvalue weighted by atomic mass is 9.90. The highest BCUT2D eigenvalue weighted by molar-refractivity contribution is 6.31. The maximum Gasteiger partial charge on any atom is 0.450 e. The van der Waals surface area contributed by atoms with Gasteiger partial charge in [-0.15, -0.1) is 0 Å². The number of likely N-dealkylation sites (N-methyl/N-ethyl adjacent to an activating group) is 1. The van der Waals surface area contributed by atoms with E-state index in [1.165, 1.54) is 30.3 Å². The number of carbonyl (C=O) groups excluding carboxylic acids is 1. The summed E-state index contributed by atoms with van der Waals surface area (Å²) in [5.74, 6) is -2.02. The molecule has 1 amide bonds. The van der Waals surface area contributed by atoms with E-state index in [2.05, 4.69) is 20.7 Å². The van der Waals surface area contributed by atoms with Crippen molar-refractivity contribution in [3.63, 3.8) is 0 Å². The molecule has 0 bridgehead atoms. The molecule has 5 rings (SSSR count). The molecule has 3 atom stereocenters. The third-order valence-electron chi connectivity index (χ3n) is 7.47. The van der Waals surface area contributed by atoms with E-state index in [1.54, 1.807) is 17.9 Å². The van der Waals surface area contributed by atoms with Crippen LogP contribution in [0.25, 0.3) is 0 Å². The van der Waals surface area contributed by atoms with Crippen LogP contribution in [0.15, 0.2) is 29.5 Å². The maximum atomic E-state index is 13.5. The zero-order valence-electron chi connectivity index (χ0n) is 19.5.